The van der Waals surface area contributed by atoms with E-state index in [0.29, 0.717) is 10.6 Å². The molecule has 2 aromatic rings. The first-order chi connectivity index (χ1) is 15.2. The average Bonchev–Trinajstić information content (AvgIpc) is 2.99. The van der Waals surface area contributed by atoms with Crippen molar-refractivity contribution < 1.29 is 19.1 Å². The SMILES string of the molecule is CC[C@@H](C)Oc1ccc(/C=C2\SC(=O)N(CC(=O)Nc3c(C)cc(C)cc3C)C2=O)cc1. The molecule has 2 aromatic carbocycles. The zero-order valence-corrected chi connectivity index (χ0v) is 19.8. The molecule has 0 unspecified atom stereocenters. The number of amides is 3. The summed E-state index contributed by atoms with van der Waals surface area (Å²) in [6, 6.07) is 11.3. The lowest BCUT2D eigenvalue weighted by Crippen LogP contribution is -2.36. The van der Waals surface area contributed by atoms with E-state index in [2.05, 4.69) is 12.2 Å². The number of rotatable bonds is 7. The number of ether oxygens (including phenoxy) is 1. The van der Waals surface area contributed by atoms with Crippen LogP contribution in [0.2, 0.25) is 0 Å². The number of thioether (sulfide) groups is 1. The summed E-state index contributed by atoms with van der Waals surface area (Å²) >= 11 is 0.839. The van der Waals surface area contributed by atoms with Crippen molar-refractivity contribution in [2.75, 3.05) is 11.9 Å². The third-order valence-corrected chi connectivity index (χ3v) is 6.11. The zero-order chi connectivity index (χ0) is 23.4. The third-order valence-electron chi connectivity index (χ3n) is 5.21. The highest BCUT2D eigenvalue weighted by Gasteiger charge is 2.36. The van der Waals surface area contributed by atoms with Gasteiger partial charge in [-0.15, -0.1) is 0 Å². The van der Waals surface area contributed by atoms with Crippen LogP contribution >= 0.6 is 11.8 Å². The van der Waals surface area contributed by atoms with Crippen LogP contribution in [0.5, 0.6) is 5.75 Å². The molecule has 1 fully saturated rings. The molecule has 0 aliphatic carbocycles. The van der Waals surface area contributed by atoms with Gasteiger partial charge in [-0.2, -0.15) is 0 Å². The Hall–Kier alpha value is -3.06. The number of hydrogen-bond donors (Lipinski definition) is 1. The lowest BCUT2D eigenvalue weighted by Gasteiger charge is -2.15. The van der Waals surface area contributed by atoms with Gasteiger partial charge in [-0.1, -0.05) is 36.8 Å². The van der Waals surface area contributed by atoms with Crippen molar-refractivity contribution in [1.29, 1.82) is 0 Å². The fourth-order valence-electron chi connectivity index (χ4n) is 3.45. The quantitative estimate of drug-likeness (QED) is 0.564. The van der Waals surface area contributed by atoms with E-state index in [1.165, 1.54) is 0 Å². The number of aryl methyl sites for hydroxylation is 3. The van der Waals surface area contributed by atoms with Gasteiger partial charge in [0.05, 0.1) is 11.0 Å². The molecule has 6 nitrogen and oxygen atoms in total. The second-order valence-electron chi connectivity index (χ2n) is 8.00. The fraction of sp³-hybridized carbons (Fsp3) is 0.320. The summed E-state index contributed by atoms with van der Waals surface area (Å²) in [4.78, 5) is 39.0. The van der Waals surface area contributed by atoms with E-state index in [1.54, 1.807) is 6.08 Å². The normalized spacial score (nSPS) is 15.9. The maximum Gasteiger partial charge on any atom is 0.294 e. The van der Waals surface area contributed by atoms with E-state index in [4.69, 9.17) is 4.74 Å². The number of anilines is 1. The van der Waals surface area contributed by atoms with Crippen molar-refractivity contribution in [2.24, 2.45) is 0 Å². The van der Waals surface area contributed by atoms with Crippen LogP contribution < -0.4 is 10.1 Å². The van der Waals surface area contributed by atoms with E-state index < -0.39 is 17.1 Å². The minimum absolute atomic E-state index is 0.121. The molecule has 3 rings (SSSR count). The van der Waals surface area contributed by atoms with Crippen LogP contribution in [0.3, 0.4) is 0 Å². The first kappa shape index (κ1) is 23.6. The summed E-state index contributed by atoms with van der Waals surface area (Å²) in [6.07, 6.45) is 2.69. The van der Waals surface area contributed by atoms with Crippen LogP contribution in [-0.2, 0) is 9.59 Å². The molecular formula is C25H28N2O4S. The molecular weight excluding hydrogens is 424 g/mol. The van der Waals surface area contributed by atoms with Gasteiger partial charge >= 0.3 is 0 Å². The molecule has 0 radical (unpaired) electrons. The monoisotopic (exact) mass is 452 g/mol. The Labute approximate surface area is 193 Å². The molecule has 0 bridgehead atoms. The summed E-state index contributed by atoms with van der Waals surface area (Å²) in [6.45, 7) is 9.55. The van der Waals surface area contributed by atoms with E-state index in [-0.39, 0.29) is 12.6 Å². The van der Waals surface area contributed by atoms with Crippen LogP contribution in [0, 0.1) is 20.8 Å². The maximum absolute atomic E-state index is 12.7. The Kier molecular flexibility index (Phi) is 7.40. The molecule has 0 saturated carbocycles. The molecule has 7 heteroatoms. The van der Waals surface area contributed by atoms with Crippen molar-refractivity contribution >= 4 is 40.6 Å². The molecule has 1 aliphatic heterocycles. The summed E-state index contributed by atoms with van der Waals surface area (Å²) in [5.41, 5.74) is 4.47. The molecule has 0 aromatic heterocycles. The van der Waals surface area contributed by atoms with Crippen molar-refractivity contribution in [1.82, 2.24) is 4.90 Å². The zero-order valence-electron chi connectivity index (χ0n) is 19.0. The second-order valence-corrected chi connectivity index (χ2v) is 8.99. The number of hydrogen-bond acceptors (Lipinski definition) is 5. The molecule has 1 saturated heterocycles. The molecule has 32 heavy (non-hydrogen) atoms. The summed E-state index contributed by atoms with van der Waals surface area (Å²) in [7, 11) is 0. The predicted molar refractivity (Wildman–Crippen MR) is 129 cm³/mol. The lowest BCUT2D eigenvalue weighted by molar-refractivity contribution is -0.127. The number of imide groups is 1. The van der Waals surface area contributed by atoms with E-state index in [1.807, 2.05) is 64.1 Å². The van der Waals surface area contributed by atoms with Crippen LogP contribution in [0.25, 0.3) is 6.08 Å². The highest BCUT2D eigenvalue weighted by atomic mass is 32.2. The van der Waals surface area contributed by atoms with Crippen LogP contribution in [0.1, 0.15) is 42.5 Å². The molecule has 1 N–H and O–H groups in total. The van der Waals surface area contributed by atoms with E-state index in [9.17, 15) is 14.4 Å². The van der Waals surface area contributed by atoms with E-state index in [0.717, 1.165) is 51.1 Å². The molecule has 0 spiro atoms. The van der Waals surface area contributed by atoms with Gasteiger partial charge in [0.2, 0.25) is 5.91 Å². The number of carbonyl (C=O) groups excluding carboxylic acids is 3. The first-order valence-corrected chi connectivity index (χ1v) is 11.4. The summed E-state index contributed by atoms with van der Waals surface area (Å²) in [5.74, 6) is -0.120. The van der Waals surface area contributed by atoms with Crippen molar-refractivity contribution in [3.63, 3.8) is 0 Å². The summed E-state index contributed by atoms with van der Waals surface area (Å²) < 4.78 is 5.76. The standard InChI is InChI=1S/C25H28N2O4S/c1-6-18(5)31-20-9-7-19(8-10-20)13-21-24(29)27(25(30)32-21)14-22(28)26-23-16(3)11-15(2)12-17(23)4/h7-13,18H,6,14H2,1-5H3,(H,26,28)/b21-13-/t18-/m1/s1. The van der Waals surface area contributed by atoms with Crippen molar-refractivity contribution in [3.05, 3.63) is 63.6 Å². The maximum atomic E-state index is 12.7. The average molecular weight is 453 g/mol. The van der Waals surface area contributed by atoms with Gasteiger partial charge in [-0.3, -0.25) is 19.3 Å². The Bertz CT molecular complexity index is 1050. The van der Waals surface area contributed by atoms with Crippen molar-refractivity contribution in [3.8, 4) is 5.75 Å². The van der Waals surface area contributed by atoms with Crippen molar-refractivity contribution in [2.45, 2.75) is 47.1 Å². The third kappa shape index (κ3) is 5.59. The van der Waals surface area contributed by atoms with Gasteiger partial charge in [-0.25, -0.2) is 0 Å². The molecule has 1 aliphatic rings. The smallest absolute Gasteiger partial charge is 0.294 e. The molecule has 168 valence electrons. The van der Waals surface area contributed by atoms with Gasteiger partial charge < -0.3 is 10.1 Å². The Morgan fingerprint density at radius 2 is 1.75 bits per heavy atom. The lowest BCUT2D eigenvalue weighted by atomic mass is 10.1. The first-order valence-electron chi connectivity index (χ1n) is 10.6. The topological polar surface area (TPSA) is 75.7 Å². The van der Waals surface area contributed by atoms with Gasteiger partial charge in [0.1, 0.15) is 12.3 Å². The second kappa shape index (κ2) is 10.0. The highest BCUT2D eigenvalue weighted by Crippen LogP contribution is 2.32. The molecule has 3 amide bonds. The number of nitrogens with zero attached hydrogens (tertiary/aromatic N) is 1. The molecule has 1 atom stereocenters. The van der Waals surface area contributed by atoms with Gasteiger partial charge in [0.15, 0.2) is 0 Å². The van der Waals surface area contributed by atoms with E-state index >= 15 is 0 Å². The largest absolute Gasteiger partial charge is 0.491 e. The number of benzene rings is 2. The number of nitrogens with one attached hydrogen (secondary N) is 1. The minimum atomic E-state index is -0.465. The van der Waals surface area contributed by atoms with Gasteiger partial charge in [-0.05, 0) is 80.8 Å². The minimum Gasteiger partial charge on any atom is -0.491 e. The Morgan fingerprint density at radius 1 is 1.12 bits per heavy atom. The van der Waals surface area contributed by atoms with Crippen LogP contribution in [0.15, 0.2) is 41.3 Å². The Morgan fingerprint density at radius 3 is 2.34 bits per heavy atom. The molecule has 1 heterocycles. The highest BCUT2D eigenvalue weighted by molar-refractivity contribution is 8.18. The van der Waals surface area contributed by atoms with Crippen LogP contribution in [-0.4, -0.2) is 34.6 Å². The number of carbonyl (C=O) groups is 3. The van der Waals surface area contributed by atoms with Gasteiger partial charge in [0.25, 0.3) is 11.1 Å². The predicted octanol–water partition coefficient (Wildman–Crippen LogP) is 5.46. The van der Waals surface area contributed by atoms with Crippen LogP contribution in [0.4, 0.5) is 10.5 Å². The Balaban J connectivity index is 1.67. The summed E-state index contributed by atoms with van der Waals surface area (Å²) in [5, 5.41) is 2.38. The van der Waals surface area contributed by atoms with Gasteiger partial charge in [0, 0.05) is 5.69 Å². The fourth-order valence-corrected chi connectivity index (χ4v) is 4.28.